The Bertz CT molecular complexity index is 1400. The minimum absolute atomic E-state index is 0.0114. The Morgan fingerprint density at radius 3 is 2.12 bits per heavy atom. The van der Waals surface area contributed by atoms with Crippen LogP contribution in [0.25, 0.3) is 0 Å². The molecule has 5 rings (SSSR count). The number of phosphoric acid groups is 1. The molecule has 2 saturated heterocycles. The van der Waals surface area contributed by atoms with Crippen LogP contribution in [0.2, 0.25) is 0 Å². The number of hydrogen-bond donors (Lipinski definition) is 0. The van der Waals surface area contributed by atoms with E-state index in [0.717, 1.165) is 18.2 Å². The van der Waals surface area contributed by atoms with Gasteiger partial charge in [0.1, 0.15) is 18.3 Å². The summed E-state index contributed by atoms with van der Waals surface area (Å²) < 4.78 is 55.2. The number of hydrogen-bond acceptors (Lipinski definition) is 11. The van der Waals surface area contributed by atoms with Gasteiger partial charge in [-0.1, -0.05) is 60.7 Å². The number of fused-ring (bicyclic) bond motifs is 1. The number of carbonyl (C=O) groups is 1. The fraction of sp³-hybridized carbons (Fsp3) is 0.393. The van der Waals surface area contributed by atoms with Gasteiger partial charge in [0, 0.05) is 12.4 Å². The molecule has 3 heterocycles. The lowest BCUT2D eigenvalue weighted by molar-refractivity contribution is -0.200. The minimum atomic E-state index is -4.11. The van der Waals surface area contributed by atoms with Gasteiger partial charge in [-0.3, -0.25) is 22.9 Å². The maximum atomic E-state index is 13.8. The summed E-state index contributed by atoms with van der Waals surface area (Å²) in [6.45, 7) is 3.17. The third kappa shape index (κ3) is 6.82. The Hall–Kier alpha value is -3.22. The number of phosphoric ester groups is 1. The first kappa shape index (κ1) is 29.3. The summed E-state index contributed by atoms with van der Waals surface area (Å²) in [5, 5.41) is 0. The largest absolute Gasteiger partial charge is 0.475 e. The topological polar surface area (TPSA) is 134 Å². The van der Waals surface area contributed by atoms with Crippen molar-refractivity contribution in [2.75, 3.05) is 13.7 Å². The Labute approximate surface area is 236 Å². The zero-order valence-electron chi connectivity index (χ0n) is 22.8. The molecule has 0 spiro atoms. The molecule has 0 radical (unpaired) electrons. The van der Waals surface area contributed by atoms with Crippen LogP contribution in [0.1, 0.15) is 41.7 Å². The van der Waals surface area contributed by atoms with Crippen molar-refractivity contribution in [2.24, 2.45) is 0 Å². The molecule has 0 amide bonds. The van der Waals surface area contributed by atoms with E-state index >= 15 is 0 Å². The average molecular weight is 587 g/mol. The number of nitrogens with zero attached hydrogens (tertiary/aromatic N) is 2. The highest BCUT2D eigenvalue weighted by molar-refractivity contribution is 7.48. The lowest BCUT2D eigenvalue weighted by atomic mass is 10.1. The molecule has 2 fully saturated rings. The summed E-state index contributed by atoms with van der Waals surface area (Å²) in [4.78, 5) is 29.0. The van der Waals surface area contributed by atoms with E-state index in [1.807, 2.05) is 60.7 Å². The van der Waals surface area contributed by atoms with Crippen LogP contribution < -0.4 is 5.56 Å². The van der Waals surface area contributed by atoms with Crippen molar-refractivity contribution in [3.8, 4) is 0 Å². The van der Waals surface area contributed by atoms with Gasteiger partial charge < -0.3 is 18.9 Å². The molecule has 0 bridgehead atoms. The first-order valence-corrected chi connectivity index (χ1v) is 14.4. The minimum Gasteiger partial charge on any atom is -0.464 e. The van der Waals surface area contributed by atoms with Crippen molar-refractivity contribution in [1.82, 2.24) is 9.55 Å². The number of aromatic nitrogens is 2. The third-order valence-electron chi connectivity index (χ3n) is 6.51. The molecule has 0 unspecified atom stereocenters. The van der Waals surface area contributed by atoms with Crippen LogP contribution >= 0.6 is 7.82 Å². The second-order valence-corrected chi connectivity index (χ2v) is 11.5. The molecular weight excluding hydrogens is 555 g/mol. The summed E-state index contributed by atoms with van der Waals surface area (Å²) in [7, 11) is -2.96. The smallest absolute Gasteiger partial charge is 0.464 e. The monoisotopic (exact) mass is 586 g/mol. The first-order valence-electron chi connectivity index (χ1n) is 13.0. The van der Waals surface area contributed by atoms with Crippen LogP contribution in [-0.2, 0) is 50.3 Å². The first-order chi connectivity index (χ1) is 19.7. The standard InChI is InChI=1S/C28H31N2O10P/c1-28(2)39-23-21(38-26(24(23)40-28)30-15-14-29-22(25(30)31)27(32)34-3)18-37-41(33,35-16-19-10-6-4-7-11-19)36-17-20-12-8-5-9-13-20/h4-15,21,23-24,26H,16-18H2,1-3H3/t21-,23+,24-,26-/m1/s1. The van der Waals surface area contributed by atoms with E-state index < -0.39 is 55.4 Å². The van der Waals surface area contributed by atoms with Gasteiger partial charge in [0.25, 0.3) is 5.56 Å². The summed E-state index contributed by atoms with van der Waals surface area (Å²) >= 11 is 0. The van der Waals surface area contributed by atoms with Crippen LogP contribution in [-0.4, -0.2) is 53.3 Å². The van der Waals surface area contributed by atoms with E-state index in [2.05, 4.69) is 9.72 Å². The normalized spacial score (nSPS) is 23.3. The van der Waals surface area contributed by atoms with Gasteiger partial charge in [-0.05, 0) is 25.0 Å². The molecule has 4 atom stereocenters. The van der Waals surface area contributed by atoms with E-state index in [1.165, 1.54) is 17.0 Å². The van der Waals surface area contributed by atoms with Crippen molar-refractivity contribution in [3.63, 3.8) is 0 Å². The average Bonchev–Trinajstić information content (AvgIpc) is 3.47. The maximum Gasteiger partial charge on any atom is 0.475 e. The molecule has 2 aliphatic rings. The Morgan fingerprint density at radius 1 is 0.951 bits per heavy atom. The molecule has 41 heavy (non-hydrogen) atoms. The summed E-state index contributed by atoms with van der Waals surface area (Å²) in [6.07, 6.45) is -0.607. The van der Waals surface area contributed by atoms with Crippen molar-refractivity contribution >= 4 is 13.8 Å². The van der Waals surface area contributed by atoms with E-state index in [1.54, 1.807) is 13.8 Å². The van der Waals surface area contributed by atoms with Gasteiger partial charge in [-0.25, -0.2) is 14.3 Å². The molecule has 1 aromatic heterocycles. The molecule has 13 heteroatoms. The SMILES string of the molecule is COC(=O)c1nccn([C@@H]2O[C@H](COP(=O)(OCc3ccccc3)OCc3ccccc3)[C@@H]3OC(C)(C)O[C@H]32)c1=O. The summed E-state index contributed by atoms with van der Waals surface area (Å²) in [5.41, 5.74) is 0.441. The Kier molecular flexibility index (Phi) is 8.81. The van der Waals surface area contributed by atoms with Crippen molar-refractivity contribution in [3.05, 3.63) is 100 Å². The fourth-order valence-corrected chi connectivity index (χ4v) is 5.78. The highest BCUT2D eigenvalue weighted by Crippen LogP contribution is 2.52. The zero-order chi connectivity index (χ0) is 29.0. The van der Waals surface area contributed by atoms with E-state index in [4.69, 9.17) is 27.8 Å². The molecule has 0 aliphatic carbocycles. The lowest BCUT2D eigenvalue weighted by Crippen LogP contribution is -2.36. The van der Waals surface area contributed by atoms with Crippen molar-refractivity contribution in [2.45, 2.75) is 57.4 Å². The second kappa shape index (κ2) is 12.3. The van der Waals surface area contributed by atoms with Crippen molar-refractivity contribution < 1.29 is 41.9 Å². The van der Waals surface area contributed by atoms with E-state index in [-0.39, 0.29) is 19.8 Å². The zero-order valence-corrected chi connectivity index (χ0v) is 23.7. The molecule has 2 aliphatic heterocycles. The molecule has 2 aromatic carbocycles. The van der Waals surface area contributed by atoms with Gasteiger partial charge >= 0.3 is 13.8 Å². The van der Waals surface area contributed by atoms with Crippen LogP contribution in [0.3, 0.4) is 0 Å². The Balaban J connectivity index is 1.35. The Morgan fingerprint density at radius 2 is 1.54 bits per heavy atom. The number of ether oxygens (including phenoxy) is 4. The van der Waals surface area contributed by atoms with Gasteiger partial charge in [0.15, 0.2) is 12.0 Å². The molecule has 0 N–H and O–H groups in total. The number of rotatable bonds is 11. The van der Waals surface area contributed by atoms with Crippen LogP contribution in [0.4, 0.5) is 0 Å². The predicted molar refractivity (Wildman–Crippen MR) is 144 cm³/mol. The molecular formula is C28H31N2O10P. The summed E-state index contributed by atoms with van der Waals surface area (Å²) in [5.74, 6) is -1.89. The van der Waals surface area contributed by atoms with Crippen LogP contribution in [0.15, 0.2) is 77.9 Å². The molecule has 12 nitrogen and oxygen atoms in total. The van der Waals surface area contributed by atoms with Crippen molar-refractivity contribution in [1.29, 1.82) is 0 Å². The molecule has 3 aromatic rings. The third-order valence-corrected chi connectivity index (χ3v) is 7.86. The predicted octanol–water partition coefficient (Wildman–Crippen LogP) is 4.01. The summed E-state index contributed by atoms with van der Waals surface area (Å²) in [6, 6.07) is 18.4. The van der Waals surface area contributed by atoms with Gasteiger partial charge in [0.2, 0.25) is 5.69 Å². The highest BCUT2D eigenvalue weighted by Gasteiger charge is 2.56. The number of methoxy groups -OCH3 is 1. The van der Waals surface area contributed by atoms with Gasteiger partial charge in [-0.15, -0.1) is 0 Å². The quantitative estimate of drug-likeness (QED) is 0.238. The second-order valence-electron chi connectivity index (χ2n) is 9.87. The molecule has 0 saturated carbocycles. The number of esters is 1. The number of carbonyl (C=O) groups excluding carboxylic acids is 1. The van der Waals surface area contributed by atoms with Gasteiger partial charge in [0.05, 0.1) is 26.9 Å². The highest BCUT2D eigenvalue weighted by atomic mass is 31.2. The van der Waals surface area contributed by atoms with E-state index in [9.17, 15) is 14.2 Å². The lowest BCUT2D eigenvalue weighted by Gasteiger charge is -2.26. The van der Waals surface area contributed by atoms with E-state index in [0.29, 0.717) is 0 Å². The van der Waals surface area contributed by atoms with Crippen LogP contribution in [0, 0.1) is 0 Å². The number of benzene rings is 2. The van der Waals surface area contributed by atoms with Gasteiger partial charge in [-0.2, -0.15) is 0 Å². The molecule has 218 valence electrons. The fourth-order valence-electron chi connectivity index (χ4n) is 4.61. The van der Waals surface area contributed by atoms with Crippen LogP contribution in [0.5, 0.6) is 0 Å². The maximum absolute atomic E-state index is 13.8.